The zero-order chi connectivity index (χ0) is 9.52. The molecule has 1 fully saturated rings. The molecule has 13 heavy (non-hydrogen) atoms. The van der Waals surface area contributed by atoms with E-state index in [4.69, 9.17) is 0 Å². The highest BCUT2D eigenvalue weighted by atomic mass is 15.1. The minimum atomic E-state index is 1.02. The van der Waals surface area contributed by atoms with Gasteiger partial charge in [0.15, 0.2) is 0 Å². The lowest BCUT2D eigenvalue weighted by Gasteiger charge is -2.32. The summed E-state index contributed by atoms with van der Waals surface area (Å²) in [5.74, 6) is 1.02. The van der Waals surface area contributed by atoms with Gasteiger partial charge in [-0.15, -0.1) is 0 Å². The number of nitrogens with zero attached hydrogens (tertiary/aromatic N) is 1. The average molecular weight is 184 g/mol. The summed E-state index contributed by atoms with van der Waals surface area (Å²) in [5.41, 5.74) is 0. The highest BCUT2D eigenvalue weighted by Gasteiger charge is 2.19. The Morgan fingerprint density at radius 2 is 2.08 bits per heavy atom. The van der Waals surface area contributed by atoms with E-state index in [1.807, 2.05) is 7.05 Å². The minimum Gasteiger partial charge on any atom is -0.318 e. The molecule has 0 heterocycles. The Kier molecular flexibility index (Phi) is 5.40. The number of likely N-dealkylation sites (N-methyl/N-ethyl adjacent to an activating group) is 1. The van der Waals surface area contributed by atoms with E-state index in [1.165, 1.54) is 45.3 Å². The normalized spacial score (nSPS) is 17.8. The van der Waals surface area contributed by atoms with Crippen LogP contribution in [-0.2, 0) is 0 Å². The van der Waals surface area contributed by atoms with E-state index in [0.29, 0.717) is 0 Å². The minimum absolute atomic E-state index is 1.02. The van der Waals surface area contributed by atoms with Crippen LogP contribution in [0.15, 0.2) is 0 Å². The first-order valence-corrected chi connectivity index (χ1v) is 5.73. The van der Waals surface area contributed by atoms with Crippen molar-refractivity contribution in [2.24, 2.45) is 5.92 Å². The summed E-state index contributed by atoms with van der Waals surface area (Å²) in [6.45, 7) is 7.24. The molecule has 1 rings (SSSR count). The molecule has 0 aromatic carbocycles. The van der Waals surface area contributed by atoms with E-state index in [9.17, 15) is 0 Å². The quantitative estimate of drug-likeness (QED) is 0.648. The zero-order valence-corrected chi connectivity index (χ0v) is 9.18. The fraction of sp³-hybridized carbons (Fsp3) is 1.00. The molecule has 0 radical (unpaired) electrons. The molecule has 0 spiro atoms. The van der Waals surface area contributed by atoms with Crippen LogP contribution in [0.5, 0.6) is 0 Å². The molecule has 0 amide bonds. The van der Waals surface area contributed by atoms with Crippen molar-refractivity contribution >= 4 is 0 Å². The summed E-state index contributed by atoms with van der Waals surface area (Å²) in [5, 5.41) is 3.22. The van der Waals surface area contributed by atoms with Gasteiger partial charge in [0.1, 0.15) is 0 Å². The maximum absolute atomic E-state index is 3.22. The Balaban J connectivity index is 2.11. The molecule has 0 aromatic rings. The summed E-state index contributed by atoms with van der Waals surface area (Å²) in [4.78, 5) is 2.61. The van der Waals surface area contributed by atoms with E-state index < -0.39 is 0 Å². The molecule has 78 valence electrons. The molecule has 1 saturated carbocycles. The molecule has 1 aliphatic carbocycles. The van der Waals surface area contributed by atoms with Gasteiger partial charge in [0.05, 0.1) is 0 Å². The van der Waals surface area contributed by atoms with Gasteiger partial charge in [-0.2, -0.15) is 0 Å². The second-order valence-electron chi connectivity index (χ2n) is 4.20. The third-order valence-electron chi connectivity index (χ3n) is 2.96. The summed E-state index contributed by atoms with van der Waals surface area (Å²) >= 11 is 0. The van der Waals surface area contributed by atoms with Crippen molar-refractivity contribution in [2.45, 2.75) is 32.6 Å². The van der Waals surface area contributed by atoms with Gasteiger partial charge in [-0.3, -0.25) is 0 Å². The number of hydrogen-bond donors (Lipinski definition) is 1. The van der Waals surface area contributed by atoms with E-state index in [2.05, 4.69) is 17.1 Å². The van der Waals surface area contributed by atoms with Gasteiger partial charge in [-0.1, -0.05) is 13.3 Å². The van der Waals surface area contributed by atoms with Crippen molar-refractivity contribution in [3.05, 3.63) is 0 Å². The SMILES string of the molecule is CCCN(CCNC)CC1CCC1. The van der Waals surface area contributed by atoms with Gasteiger partial charge in [0.2, 0.25) is 0 Å². The topological polar surface area (TPSA) is 15.3 Å². The highest BCUT2D eigenvalue weighted by molar-refractivity contribution is 4.73. The summed E-state index contributed by atoms with van der Waals surface area (Å²) in [7, 11) is 2.04. The van der Waals surface area contributed by atoms with Gasteiger partial charge in [0, 0.05) is 19.6 Å². The van der Waals surface area contributed by atoms with E-state index in [-0.39, 0.29) is 0 Å². The van der Waals surface area contributed by atoms with Crippen LogP contribution >= 0.6 is 0 Å². The molecule has 2 nitrogen and oxygen atoms in total. The average Bonchev–Trinajstić information content (AvgIpc) is 2.07. The molecule has 1 N–H and O–H groups in total. The first-order valence-electron chi connectivity index (χ1n) is 5.73. The molecule has 1 aliphatic rings. The van der Waals surface area contributed by atoms with Crippen LogP contribution in [0.2, 0.25) is 0 Å². The van der Waals surface area contributed by atoms with Crippen LogP contribution in [0.3, 0.4) is 0 Å². The predicted octanol–water partition coefficient (Wildman–Crippen LogP) is 1.72. The molecular formula is C11H24N2. The molecule has 0 bridgehead atoms. The second kappa shape index (κ2) is 6.39. The van der Waals surface area contributed by atoms with Gasteiger partial charge < -0.3 is 10.2 Å². The Bertz CT molecular complexity index is 121. The molecule has 0 aromatic heterocycles. The van der Waals surface area contributed by atoms with Crippen molar-refractivity contribution in [1.29, 1.82) is 0 Å². The Morgan fingerprint density at radius 3 is 2.54 bits per heavy atom. The second-order valence-corrected chi connectivity index (χ2v) is 4.20. The maximum Gasteiger partial charge on any atom is 0.0107 e. The maximum atomic E-state index is 3.22. The molecule has 0 aliphatic heterocycles. The summed E-state index contributed by atoms with van der Waals surface area (Å²) in [6, 6.07) is 0. The Labute approximate surface area is 82.7 Å². The number of nitrogens with one attached hydrogen (secondary N) is 1. The lowest BCUT2D eigenvalue weighted by molar-refractivity contribution is 0.179. The zero-order valence-electron chi connectivity index (χ0n) is 9.18. The van der Waals surface area contributed by atoms with Gasteiger partial charge in [-0.25, -0.2) is 0 Å². The molecular weight excluding hydrogens is 160 g/mol. The summed E-state index contributed by atoms with van der Waals surface area (Å²) in [6.07, 6.45) is 5.70. The van der Waals surface area contributed by atoms with Gasteiger partial charge in [0.25, 0.3) is 0 Å². The summed E-state index contributed by atoms with van der Waals surface area (Å²) < 4.78 is 0. The van der Waals surface area contributed by atoms with E-state index in [1.54, 1.807) is 0 Å². The fourth-order valence-electron chi connectivity index (χ4n) is 1.92. The van der Waals surface area contributed by atoms with Crippen molar-refractivity contribution in [3.63, 3.8) is 0 Å². The molecule has 2 heteroatoms. The lowest BCUT2D eigenvalue weighted by Crippen LogP contribution is -2.37. The van der Waals surface area contributed by atoms with E-state index in [0.717, 1.165) is 12.5 Å². The van der Waals surface area contributed by atoms with E-state index >= 15 is 0 Å². The van der Waals surface area contributed by atoms with Crippen molar-refractivity contribution in [1.82, 2.24) is 10.2 Å². The smallest absolute Gasteiger partial charge is 0.0107 e. The fourth-order valence-corrected chi connectivity index (χ4v) is 1.92. The highest BCUT2D eigenvalue weighted by Crippen LogP contribution is 2.26. The lowest BCUT2D eigenvalue weighted by atomic mass is 9.85. The Morgan fingerprint density at radius 1 is 1.31 bits per heavy atom. The van der Waals surface area contributed by atoms with Crippen molar-refractivity contribution < 1.29 is 0 Å². The van der Waals surface area contributed by atoms with Crippen LogP contribution in [0.1, 0.15) is 32.6 Å². The van der Waals surface area contributed by atoms with Crippen molar-refractivity contribution in [2.75, 3.05) is 33.2 Å². The third-order valence-corrected chi connectivity index (χ3v) is 2.96. The Hall–Kier alpha value is -0.0800. The standard InChI is InChI=1S/C11H24N2/c1-3-8-13(9-7-12-2)10-11-5-4-6-11/h11-12H,3-10H2,1-2H3. The first kappa shape index (κ1) is 11.0. The van der Waals surface area contributed by atoms with Crippen LogP contribution in [-0.4, -0.2) is 38.1 Å². The largest absolute Gasteiger partial charge is 0.318 e. The van der Waals surface area contributed by atoms with Gasteiger partial charge >= 0.3 is 0 Å². The predicted molar refractivity (Wildman–Crippen MR) is 58.0 cm³/mol. The van der Waals surface area contributed by atoms with Gasteiger partial charge in [-0.05, 0) is 38.8 Å². The monoisotopic (exact) mass is 184 g/mol. The number of hydrogen-bond acceptors (Lipinski definition) is 2. The molecule has 0 atom stereocenters. The molecule has 0 saturated heterocycles. The third kappa shape index (κ3) is 4.10. The molecule has 0 unspecified atom stereocenters. The van der Waals surface area contributed by atoms with Crippen LogP contribution in [0, 0.1) is 5.92 Å². The van der Waals surface area contributed by atoms with Crippen LogP contribution in [0.25, 0.3) is 0 Å². The number of rotatable bonds is 7. The first-order chi connectivity index (χ1) is 6.36. The van der Waals surface area contributed by atoms with Crippen LogP contribution in [0.4, 0.5) is 0 Å². The van der Waals surface area contributed by atoms with Crippen molar-refractivity contribution in [3.8, 4) is 0 Å². The van der Waals surface area contributed by atoms with Crippen LogP contribution < -0.4 is 5.32 Å².